The van der Waals surface area contributed by atoms with Crippen LogP contribution < -0.4 is 21.1 Å². The molecule has 2 aromatic carbocycles. The van der Waals surface area contributed by atoms with Crippen LogP contribution in [-0.4, -0.2) is 73.5 Å². The maximum Gasteiger partial charge on any atom is 0.346 e. The highest BCUT2D eigenvalue weighted by Crippen LogP contribution is 2.24. The first-order valence-corrected chi connectivity index (χ1v) is 14.2. The zero-order valence-electron chi connectivity index (χ0n) is 24.2. The van der Waals surface area contributed by atoms with E-state index in [0.29, 0.717) is 36.5 Å². The zero-order chi connectivity index (χ0) is 31.1. The van der Waals surface area contributed by atoms with Gasteiger partial charge in [0, 0.05) is 31.2 Å². The summed E-state index contributed by atoms with van der Waals surface area (Å²) >= 11 is 0. The number of nitrogens with two attached hydrogens (primary N) is 1. The minimum atomic E-state index is -0.536. The molecule has 44 heavy (non-hydrogen) atoms. The summed E-state index contributed by atoms with van der Waals surface area (Å²) in [4.78, 5) is 39.7. The molecule has 2 amide bonds. The quantitative estimate of drug-likeness (QED) is 0.199. The number of piperidine rings is 1. The number of carbonyl (C=O) groups is 2. The van der Waals surface area contributed by atoms with E-state index in [4.69, 9.17) is 15.9 Å². The van der Waals surface area contributed by atoms with Crippen molar-refractivity contribution in [3.05, 3.63) is 89.5 Å². The number of carbonyl (C=O) groups excluding carboxylic acids is 2. The van der Waals surface area contributed by atoms with Gasteiger partial charge in [-0.15, -0.1) is 0 Å². The lowest BCUT2D eigenvalue weighted by Crippen LogP contribution is -2.46. The summed E-state index contributed by atoms with van der Waals surface area (Å²) in [7, 11) is 1.41. The van der Waals surface area contributed by atoms with E-state index in [2.05, 4.69) is 30.7 Å². The number of aromatic nitrogens is 5. The fourth-order valence-corrected chi connectivity index (χ4v) is 5.20. The highest BCUT2D eigenvalue weighted by molar-refractivity contribution is 6.16. The van der Waals surface area contributed by atoms with Crippen LogP contribution in [0.5, 0.6) is 5.75 Å². The predicted octanol–water partition coefficient (Wildman–Crippen LogP) is 3.47. The molecule has 0 radical (unpaired) electrons. The normalized spacial score (nSPS) is 14.6. The highest BCUT2D eigenvalue weighted by atomic mass is 19.1. The van der Waals surface area contributed by atoms with Gasteiger partial charge < -0.3 is 26.0 Å². The van der Waals surface area contributed by atoms with Crippen LogP contribution in [0.15, 0.2) is 61.4 Å². The Morgan fingerprint density at radius 1 is 1.14 bits per heavy atom. The van der Waals surface area contributed by atoms with Gasteiger partial charge >= 0.3 is 6.03 Å². The van der Waals surface area contributed by atoms with E-state index >= 15 is 0 Å². The molecule has 4 aromatic rings. The summed E-state index contributed by atoms with van der Waals surface area (Å²) in [6.45, 7) is 1.34. The molecule has 2 aromatic heterocycles. The van der Waals surface area contributed by atoms with E-state index in [0.717, 1.165) is 30.9 Å². The smallest absolute Gasteiger partial charge is 0.346 e. The van der Waals surface area contributed by atoms with E-state index in [9.17, 15) is 14.0 Å². The Hall–Kier alpha value is -5.40. The van der Waals surface area contributed by atoms with Gasteiger partial charge in [-0.25, -0.2) is 24.1 Å². The molecule has 14 heteroatoms. The van der Waals surface area contributed by atoms with Gasteiger partial charge in [0.15, 0.2) is 0 Å². The zero-order valence-corrected chi connectivity index (χ0v) is 24.2. The molecule has 1 unspecified atom stereocenters. The first-order chi connectivity index (χ1) is 21.4. The lowest BCUT2D eigenvalue weighted by molar-refractivity contribution is 0.0947. The van der Waals surface area contributed by atoms with Gasteiger partial charge in [-0.3, -0.25) is 10.2 Å². The van der Waals surface area contributed by atoms with Crippen molar-refractivity contribution in [1.29, 1.82) is 5.41 Å². The second-order valence-electron chi connectivity index (χ2n) is 10.3. The average molecular weight is 601 g/mol. The Morgan fingerprint density at radius 3 is 2.70 bits per heavy atom. The Bertz CT molecular complexity index is 1630. The van der Waals surface area contributed by atoms with E-state index in [1.807, 2.05) is 4.90 Å². The number of anilines is 2. The number of halogens is 1. The maximum absolute atomic E-state index is 13.7. The lowest BCUT2D eigenvalue weighted by atomic mass is 9.99. The maximum atomic E-state index is 13.7. The standard InChI is InChI=1S/C30H33FN10O3/c1-44-24-10-9-21(31)14-23(24)29(42)36-15-19-5-7-20(8-6-19)26(32)25-27(33)37-17-38-28(25)35-12-11-22-4-2-3-13-40(22)30(43)41-18-34-16-39-41/h5-10,14,16-18,22,32H,2-4,11-13,15H2,1H3,(H,36,42)(H3,33,35,37,38). The molecule has 1 atom stereocenters. The van der Waals surface area contributed by atoms with Gasteiger partial charge in [0.05, 0.1) is 23.9 Å². The Kier molecular flexibility index (Phi) is 9.37. The van der Waals surface area contributed by atoms with E-state index in [1.54, 1.807) is 24.3 Å². The van der Waals surface area contributed by atoms with Crippen molar-refractivity contribution in [2.45, 2.75) is 38.3 Å². The van der Waals surface area contributed by atoms with Crippen LogP contribution >= 0.6 is 0 Å². The minimum absolute atomic E-state index is 0.0186. The fraction of sp³-hybridized carbons (Fsp3) is 0.300. The van der Waals surface area contributed by atoms with E-state index in [-0.39, 0.29) is 41.5 Å². The number of methoxy groups -OCH3 is 1. The fourth-order valence-electron chi connectivity index (χ4n) is 5.20. The number of hydrogen-bond donors (Lipinski definition) is 4. The molecule has 0 saturated carbocycles. The molecule has 13 nitrogen and oxygen atoms in total. The first-order valence-electron chi connectivity index (χ1n) is 14.2. The Morgan fingerprint density at radius 2 is 1.95 bits per heavy atom. The second kappa shape index (κ2) is 13.7. The van der Waals surface area contributed by atoms with Gasteiger partial charge in [-0.1, -0.05) is 24.3 Å². The largest absolute Gasteiger partial charge is 0.496 e. The van der Waals surface area contributed by atoms with Crippen LogP contribution in [-0.2, 0) is 6.54 Å². The molecule has 1 aliphatic rings. The SMILES string of the molecule is COc1ccc(F)cc1C(=O)NCc1ccc(C(=N)c2c(N)ncnc2NCCC2CCCCN2C(=O)n2cncn2)cc1. The number of ether oxygens (including phenoxy) is 1. The highest BCUT2D eigenvalue weighted by Gasteiger charge is 2.28. The number of nitrogen functional groups attached to an aromatic ring is 1. The lowest BCUT2D eigenvalue weighted by Gasteiger charge is -2.35. The predicted molar refractivity (Wildman–Crippen MR) is 161 cm³/mol. The second-order valence-corrected chi connectivity index (χ2v) is 10.3. The van der Waals surface area contributed by atoms with Crippen molar-refractivity contribution in [1.82, 2.24) is 34.9 Å². The number of hydrogen-bond acceptors (Lipinski definition) is 10. The summed E-state index contributed by atoms with van der Waals surface area (Å²) in [6.07, 6.45) is 7.59. The molecule has 5 N–H and O–H groups in total. The number of likely N-dealkylation sites (tertiary alicyclic amines) is 1. The minimum Gasteiger partial charge on any atom is -0.496 e. The number of nitrogens with zero attached hydrogens (tertiary/aromatic N) is 6. The van der Waals surface area contributed by atoms with Crippen molar-refractivity contribution in [2.75, 3.05) is 31.2 Å². The molecular formula is C30H33FN10O3. The molecule has 5 rings (SSSR count). The summed E-state index contributed by atoms with van der Waals surface area (Å²) in [5, 5.41) is 18.9. The molecule has 3 heterocycles. The van der Waals surface area contributed by atoms with Gasteiger partial charge in [-0.2, -0.15) is 9.78 Å². The third-order valence-corrected chi connectivity index (χ3v) is 7.49. The van der Waals surface area contributed by atoms with Gasteiger partial charge in [-0.05, 0) is 49.4 Å². The third-order valence-electron chi connectivity index (χ3n) is 7.49. The van der Waals surface area contributed by atoms with Gasteiger partial charge in [0.25, 0.3) is 5.91 Å². The van der Waals surface area contributed by atoms with E-state index < -0.39 is 11.7 Å². The van der Waals surface area contributed by atoms with Crippen molar-refractivity contribution < 1.29 is 18.7 Å². The Labute approximate surface area is 253 Å². The van der Waals surface area contributed by atoms with Crippen LogP contribution in [0.1, 0.15) is 52.7 Å². The average Bonchev–Trinajstić information content (AvgIpc) is 3.59. The Balaban J connectivity index is 1.22. The van der Waals surface area contributed by atoms with Crippen LogP contribution in [0, 0.1) is 11.2 Å². The van der Waals surface area contributed by atoms with Crippen LogP contribution in [0.25, 0.3) is 0 Å². The van der Waals surface area contributed by atoms with Crippen molar-refractivity contribution in [3.8, 4) is 5.75 Å². The number of nitrogens with one attached hydrogen (secondary N) is 3. The molecular weight excluding hydrogens is 567 g/mol. The van der Waals surface area contributed by atoms with Gasteiger partial charge in [0.1, 0.15) is 42.2 Å². The van der Waals surface area contributed by atoms with Crippen molar-refractivity contribution >= 4 is 29.3 Å². The summed E-state index contributed by atoms with van der Waals surface area (Å²) < 4.78 is 20.1. The molecule has 1 aliphatic heterocycles. The summed E-state index contributed by atoms with van der Waals surface area (Å²) in [6, 6.07) is 10.6. The van der Waals surface area contributed by atoms with Gasteiger partial charge in [0.2, 0.25) is 0 Å². The molecule has 228 valence electrons. The summed E-state index contributed by atoms with van der Waals surface area (Å²) in [5.74, 6) is -0.147. The molecule has 1 fully saturated rings. The van der Waals surface area contributed by atoms with Crippen LogP contribution in [0.3, 0.4) is 0 Å². The number of benzene rings is 2. The van der Waals surface area contributed by atoms with Crippen molar-refractivity contribution in [2.24, 2.45) is 0 Å². The van der Waals surface area contributed by atoms with Crippen molar-refractivity contribution in [3.63, 3.8) is 0 Å². The van der Waals surface area contributed by atoms with Crippen LogP contribution in [0.2, 0.25) is 0 Å². The summed E-state index contributed by atoms with van der Waals surface area (Å²) in [5.41, 5.74) is 8.16. The topological polar surface area (TPSA) is 177 Å². The third kappa shape index (κ3) is 6.80. The monoisotopic (exact) mass is 600 g/mol. The molecule has 0 bridgehead atoms. The molecule has 0 spiro atoms. The first kappa shape index (κ1) is 30.1. The molecule has 0 aliphatic carbocycles. The van der Waals surface area contributed by atoms with Crippen LogP contribution in [0.4, 0.5) is 20.8 Å². The molecule has 1 saturated heterocycles. The van der Waals surface area contributed by atoms with E-state index in [1.165, 1.54) is 42.9 Å². The number of rotatable bonds is 10. The number of amides is 2.